The summed E-state index contributed by atoms with van der Waals surface area (Å²) in [4.78, 5) is 0. The second-order valence-corrected chi connectivity index (χ2v) is 5.25. The summed E-state index contributed by atoms with van der Waals surface area (Å²) in [6.07, 6.45) is 1.80. The predicted octanol–water partition coefficient (Wildman–Crippen LogP) is 3.39. The fourth-order valence-corrected chi connectivity index (χ4v) is 2.12. The number of hydrogen-bond donors (Lipinski definition) is 2. The molecule has 1 aromatic rings. The van der Waals surface area contributed by atoms with Gasteiger partial charge in [-0.05, 0) is 31.4 Å². The van der Waals surface area contributed by atoms with Gasteiger partial charge in [0.1, 0.15) is 0 Å². The molecular formula is C16H26ClNO3. The fraction of sp³-hybridized carbons (Fsp3) is 0.625. The second kappa shape index (κ2) is 9.87. The van der Waals surface area contributed by atoms with Gasteiger partial charge in [0.25, 0.3) is 0 Å². The van der Waals surface area contributed by atoms with Crippen molar-refractivity contribution in [1.29, 1.82) is 0 Å². The van der Waals surface area contributed by atoms with E-state index in [0.29, 0.717) is 36.3 Å². The van der Waals surface area contributed by atoms with Crippen LogP contribution in [0.4, 0.5) is 0 Å². The summed E-state index contributed by atoms with van der Waals surface area (Å²) in [5.41, 5.74) is 0.941. The van der Waals surface area contributed by atoms with E-state index in [2.05, 4.69) is 12.2 Å². The first-order valence-electron chi connectivity index (χ1n) is 7.58. The van der Waals surface area contributed by atoms with E-state index in [-0.39, 0.29) is 12.6 Å². The van der Waals surface area contributed by atoms with Crippen molar-refractivity contribution in [3.63, 3.8) is 0 Å². The van der Waals surface area contributed by atoms with E-state index < -0.39 is 0 Å². The zero-order valence-corrected chi connectivity index (χ0v) is 13.9. The number of ether oxygens (including phenoxy) is 2. The number of hydrogen-bond acceptors (Lipinski definition) is 4. The molecule has 1 rings (SSSR count). The molecule has 1 aromatic carbocycles. The monoisotopic (exact) mass is 315 g/mol. The molecule has 0 saturated heterocycles. The van der Waals surface area contributed by atoms with Crippen LogP contribution in [-0.2, 0) is 6.54 Å². The van der Waals surface area contributed by atoms with Crippen molar-refractivity contribution in [3.05, 3.63) is 22.7 Å². The first-order chi connectivity index (χ1) is 10.2. The molecule has 2 N–H and O–H groups in total. The Kier molecular flexibility index (Phi) is 8.50. The molecule has 0 amide bonds. The summed E-state index contributed by atoms with van der Waals surface area (Å²) in [6.45, 7) is 7.94. The number of rotatable bonds is 10. The maximum absolute atomic E-state index is 9.21. The lowest BCUT2D eigenvalue weighted by atomic mass is 10.1. The molecule has 0 fully saturated rings. The van der Waals surface area contributed by atoms with Crippen molar-refractivity contribution in [2.45, 2.75) is 46.2 Å². The highest BCUT2D eigenvalue weighted by Crippen LogP contribution is 2.33. The van der Waals surface area contributed by atoms with E-state index >= 15 is 0 Å². The van der Waals surface area contributed by atoms with Gasteiger partial charge in [0.05, 0.1) is 19.8 Å². The molecule has 0 saturated carbocycles. The van der Waals surface area contributed by atoms with E-state index in [4.69, 9.17) is 21.1 Å². The molecule has 1 unspecified atom stereocenters. The fourth-order valence-electron chi connectivity index (χ4n) is 1.90. The van der Waals surface area contributed by atoms with Crippen LogP contribution in [0.3, 0.4) is 0 Å². The van der Waals surface area contributed by atoms with Gasteiger partial charge >= 0.3 is 0 Å². The van der Waals surface area contributed by atoms with Gasteiger partial charge in [-0.3, -0.25) is 0 Å². The minimum atomic E-state index is 0.0765. The van der Waals surface area contributed by atoms with E-state index in [1.165, 1.54) is 0 Å². The Morgan fingerprint density at radius 1 is 1.19 bits per heavy atom. The number of benzene rings is 1. The molecular weight excluding hydrogens is 290 g/mol. The van der Waals surface area contributed by atoms with Gasteiger partial charge in [0, 0.05) is 23.7 Å². The van der Waals surface area contributed by atoms with Gasteiger partial charge in [0.15, 0.2) is 11.5 Å². The van der Waals surface area contributed by atoms with Gasteiger partial charge in [-0.25, -0.2) is 0 Å². The molecule has 0 bridgehead atoms. The molecule has 1 atom stereocenters. The normalized spacial score (nSPS) is 12.2. The first kappa shape index (κ1) is 18.1. The quantitative estimate of drug-likeness (QED) is 0.695. The van der Waals surface area contributed by atoms with Crippen molar-refractivity contribution in [3.8, 4) is 11.5 Å². The zero-order valence-electron chi connectivity index (χ0n) is 13.1. The van der Waals surface area contributed by atoms with Gasteiger partial charge in [0.2, 0.25) is 0 Å². The Hall–Kier alpha value is -0.970. The van der Waals surface area contributed by atoms with Crippen LogP contribution in [0.2, 0.25) is 5.02 Å². The molecule has 0 spiro atoms. The van der Waals surface area contributed by atoms with Crippen LogP contribution in [-0.4, -0.2) is 31.0 Å². The molecule has 0 aromatic heterocycles. The number of aliphatic hydroxyl groups excluding tert-OH is 1. The molecule has 0 heterocycles. The van der Waals surface area contributed by atoms with Gasteiger partial charge < -0.3 is 19.9 Å². The standard InChI is InChI=1S/C16H26ClNO3/c1-4-7-21-16-9-14(17)12(8-15(16)20-6-3)10-18-13(5-2)11-19/h8-9,13,18-19H,4-7,10-11H2,1-3H3. The summed E-state index contributed by atoms with van der Waals surface area (Å²) in [6, 6.07) is 3.79. The molecule has 0 aliphatic carbocycles. The summed E-state index contributed by atoms with van der Waals surface area (Å²) < 4.78 is 11.3. The first-order valence-corrected chi connectivity index (χ1v) is 7.96. The lowest BCUT2D eigenvalue weighted by Crippen LogP contribution is -2.31. The van der Waals surface area contributed by atoms with E-state index in [0.717, 1.165) is 18.4 Å². The molecule has 5 heteroatoms. The van der Waals surface area contributed by atoms with Crippen LogP contribution >= 0.6 is 11.6 Å². The predicted molar refractivity (Wildman–Crippen MR) is 86.4 cm³/mol. The molecule has 0 radical (unpaired) electrons. The maximum Gasteiger partial charge on any atom is 0.162 e. The lowest BCUT2D eigenvalue weighted by molar-refractivity contribution is 0.238. The van der Waals surface area contributed by atoms with Crippen LogP contribution in [0.5, 0.6) is 11.5 Å². The van der Waals surface area contributed by atoms with E-state index in [1.807, 2.05) is 19.9 Å². The Bertz CT molecular complexity index is 422. The summed E-state index contributed by atoms with van der Waals surface area (Å²) in [5, 5.41) is 13.1. The molecule has 0 aliphatic heterocycles. The number of nitrogens with one attached hydrogen (secondary N) is 1. The highest BCUT2D eigenvalue weighted by molar-refractivity contribution is 6.31. The second-order valence-electron chi connectivity index (χ2n) is 4.84. The molecule has 21 heavy (non-hydrogen) atoms. The summed E-state index contributed by atoms with van der Waals surface area (Å²) in [7, 11) is 0. The average Bonchev–Trinajstić information content (AvgIpc) is 2.49. The van der Waals surface area contributed by atoms with E-state index in [1.54, 1.807) is 6.07 Å². The van der Waals surface area contributed by atoms with Crippen LogP contribution in [0.1, 0.15) is 39.2 Å². The van der Waals surface area contributed by atoms with Crippen molar-refractivity contribution >= 4 is 11.6 Å². The third-order valence-corrected chi connectivity index (χ3v) is 3.52. The minimum Gasteiger partial charge on any atom is -0.490 e. The SMILES string of the molecule is CCCOc1cc(Cl)c(CNC(CC)CO)cc1OCC. The van der Waals surface area contributed by atoms with Crippen molar-refractivity contribution in [2.75, 3.05) is 19.8 Å². The van der Waals surface area contributed by atoms with Crippen molar-refractivity contribution in [2.24, 2.45) is 0 Å². The van der Waals surface area contributed by atoms with Gasteiger partial charge in [-0.15, -0.1) is 0 Å². The van der Waals surface area contributed by atoms with Gasteiger partial charge in [-0.1, -0.05) is 25.4 Å². The maximum atomic E-state index is 9.21. The topological polar surface area (TPSA) is 50.7 Å². The average molecular weight is 316 g/mol. The minimum absolute atomic E-state index is 0.0765. The van der Waals surface area contributed by atoms with Crippen LogP contribution in [0.25, 0.3) is 0 Å². The zero-order chi connectivity index (χ0) is 15.7. The Morgan fingerprint density at radius 2 is 1.90 bits per heavy atom. The molecule has 4 nitrogen and oxygen atoms in total. The molecule has 120 valence electrons. The largest absolute Gasteiger partial charge is 0.490 e. The summed E-state index contributed by atoms with van der Waals surface area (Å²) in [5.74, 6) is 1.39. The van der Waals surface area contributed by atoms with Crippen molar-refractivity contribution in [1.82, 2.24) is 5.32 Å². The number of aliphatic hydroxyl groups is 1. The Labute approximate surface area is 132 Å². The Morgan fingerprint density at radius 3 is 2.48 bits per heavy atom. The van der Waals surface area contributed by atoms with Crippen molar-refractivity contribution < 1.29 is 14.6 Å². The van der Waals surface area contributed by atoms with Crippen LogP contribution < -0.4 is 14.8 Å². The smallest absolute Gasteiger partial charge is 0.162 e. The third kappa shape index (κ3) is 5.73. The number of halogens is 1. The van der Waals surface area contributed by atoms with Crippen LogP contribution in [0, 0.1) is 0 Å². The Balaban J connectivity index is 2.86. The highest BCUT2D eigenvalue weighted by atomic mass is 35.5. The molecule has 0 aliphatic rings. The van der Waals surface area contributed by atoms with E-state index in [9.17, 15) is 5.11 Å². The highest BCUT2D eigenvalue weighted by Gasteiger charge is 2.12. The summed E-state index contributed by atoms with van der Waals surface area (Å²) >= 11 is 6.31. The van der Waals surface area contributed by atoms with Gasteiger partial charge in [-0.2, -0.15) is 0 Å². The van der Waals surface area contributed by atoms with Crippen LogP contribution in [0.15, 0.2) is 12.1 Å². The lowest BCUT2D eigenvalue weighted by Gasteiger charge is -2.17. The third-order valence-electron chi connectivity index (χ3n) is 3.17.